The smallest absolute Gasteiger partial charge is 0.387 e. The third-order valence-electron chi connectivity index (χ3n) is 3.53. The van der Waals surface area contributed by atoms with Gasteiger partial charge in [0.15, 0.2) is 0 Å². The van der Waals surface area contributed by atoms with Crippen molar-refractivity contribution in [2.24, 2.45) is 0 Å². The summed E-state index contributed by atoms with van der Waals surface area (Å²) in [4.78, 5) is 12.1. The molecule has 6 heteroatoms. The number of ether oxygens (including phenoxy) is 1. The molecule has 124 valence electrons. The zero-order chi connectivity index (χ0) is 17.1. The average Bonchev–Trinajstić information content (AvgIpc) is 2.90. The zero-order valence-electron chi connectivity index (χ0n) is 12.9. The van der Waals surface area contributed by atoms with E-state index in [-0.39, 0.29) is 18.1 Å². The van der Waals surface area contributed by atoms with Gasteiger partial charge in [0.1, 0.15) is 11.3 Å². The van der Waals surface area contributed by atoms with E-state index in [1.54, 1.807) is 6.26 Å². The number of amides is 1. The van der Waals surface area contributed by atoms with Crippen LogP contribution in [0.15, 0.2) is 53.1 Å². The van der Waals surface area contributed by atoms with Crippen LogP contribution in [0, 0.1) is 6.92 Å². The first-order valence-electron chi connectivity index (χ1n) is 7.33. The largest absolute Gasteiger partial charge is 0.464 e. The van der Waals surface area contributed by atoms with E-state index in [4.69, 9.17) is 4.42 Å². The molecule has 1 N–H and O–H groups in total. The van der Waals surface area contributed by atoms with Crippen LogP contribution in [0.25, 0.3) is 11.0 Å². The Morgan fingerprint density at radius 3 is 2.67 bits per heavy atom. The van der Waals surface area contributed by atoms with E-state index in [1.165, 1.54) is 24.3 Å². The van der Waals surface area contributed by atoms with Gasteiger partial charge in [0.2, 0.25) is 5.91 Å². The number of anilines is 1. The van der Waals surface area contributed by atoms with Crippen LogP contribution in [0.4, 0.5) is 14.5 Å². The van der Waals surface area contributed by atoms with Crippen LogP contribution < -0.4 is 10.1 Å². The molecule has 2 aromatic carbocycles. The Kier molecular flexibility index (Phi) is 4.46. The van der Waals surface area contributed by atoms with Crippen molar-refractivity contribution in [1.29, 1.82) is 0 Å². The van der Waals surface area contributed by atoms with Gasteiger partial charge in [-0.25, -0.2) is 0 Å². The molecule has 1 heterocycles. The normalized spacial score (nSPS) is 11.0. The van der Waals surface area contributed by atoms with Crippen molar-refractivity contribution in [2.75, 3.05) is 5.32 Å². The Balaban J connectivity index is 1.66. The summed E-state index contributed by atoms with van der Waals surface area (Å²) in [5.41, 5.74) is 3.12. The predicted octanol–water partition coefficient (Wildman–Crippen LogP) is 4.52. The standard InChI is InChI=1S/C18H15F2NO3/c1-11-2-7-15-12(10-23-16(15)8-11)9-17(22)21-13-3-5-14(6-4-13)24-18(19)20/h2-8,10,18H,9H2,1H3,(H,21,22). The van der Waals surface area contributed by atoms with Gasteiger partial charge in [0, 0.05) is 16.6 Å². The fraction of sp³-hybridized carbons (Fsp3) is 0.167. The van der Waals surface area contributed by atoms with E-state index in [0.29, 0.717) is 5.69 Å². The molecule has 3 rings (SSSR count). The van der Waals surface area contributed by atoms with Gasteiger partial charge in [-0.1, -0.05) is 12.1 Å². The van der Waals surface area contributed by atoms with Crippen molar-refractivity contribution < 1.29 is 22.7 Å². The summed E-state index contributed by atoms with van der Waals surface area (Å²) in [6, 6.07) is 11.6. The zero-order valence-corrected chi connectivity index (χ0v) is 12.9. The van der Waals surface area contributed by atoms with Crippen LogP contribution in [0.1, 0.15) is 11.1 Å². The van der Waals surface area contributed by atoms with Gasteiger partial charge in [0.05, 0.1) is 12.7 Å². The predicted molar refractivity (Wildman–Crippen MR) is 86.4 cm³/mol. The number of aryl methyl sites for hydroxylation is 1. The van der Waals surface area contributed by atoms with Crippen LogP contribution in [-0.4, -0.2) is 12.5 Å². The maximum absolute atomic E-state index is 12.1. The number of hydrogen-bond acceptors (Lipinski definition) is 3. The van der Waals surface area contributed by atoms with E-state index < -0.39 is 6.61 Å². The fourth-order valence-electron chi connectivity index (χ4n) is 2.43. The minimum Gasteiger partial charge on any atom is -0.464 e. The summed E-state index contributed by atoms with van der Waals surface area (Å²) >= 11 is 0. The Morgan fingerprint density at radius 1 is 1.21 bits per heavy atom. The second kappa shape index (κ2) is 6.70. The lowest BCUT2D eigenvalue weighted by molar-refractivity contribution is -0.115. The molecule has 1 aromatic heterocycles. The van der Waals surface area contributed by atoms with Crippen molar-refractivity contribution in [2.45, 2.75) is 20.0 Å². The van der Waals surface area contributed by atoms with Crippen molar-refractivity contribution in [3.63, 3.8) is 0 Å². The van der Waals surface area contributed by atoms with Gasteiger partial charge in [-0.05, 0) is 42.8 Å². The quantitative estimate of drug-likeness (QED) is 0.747. The summed E-state index contributed by atoms with van der Waals surface area (Å²) in [7, 11) is 0. The Morgan fingerprint density at radius 2 is 1.96 bits per heavy atom. The summed E-state index contributed by atoms with van der Waals surface area (Å²) in [6.07, 6.45) is 1.73. The summed E-state index contributed by atoms with van der Waals surface area (Å²) < 4.78 is 33.9. The molecule has 0 atom stereocenters. The first kappa shape index (κ1) is 16.0. The number of benzene rings is 2. The van der Waals surface area contributed by atoms with Crippen LogP contribution in [0.2, 0.25) is 0 Å². The molecule has 1 amide bonds. The fourth-order valence-corrected chi connectivity index (χ4v) is 2.43. The van der Waals surface area contributed by atoms with Crippen LogP contribution in [0.5, 0.6) is 5.75 Å². The number of hydrogen-bond donors (Lipinski definition) is 1. The van der Waals surface area contributed by atoms with E-state index in [1.807, 2.05) is 25.1 Å². The van der Waals surface area contributed by atoms with Gasteiger partial charge in [-0.3, -0.25) is 4.79 Å². The molecule has 0 aliphatic rings. The summed E-state index contributed by atoms with van der Waals surface area (Å²) in [5, 5.41) is 3.61. The number of carbonyl (C=O) groups excluding carboxylic acids is 1. The topological polar surface area (TPSA) is 51.5 Å². The highest BCUT2D eigenvalue weighted by atomic mass is 19.3. The third kappa shape index (κ3) is 3.71. The molecule has 0 aliphatic carbocycles. The lowest BCUT2D eigenvalue weighted by atomic mass is 10.1. The molecule has 0 saturated carbocycles. The minimum atomic E-state index is -2.87. The van der Waals surface area contributed by atoms with Gasteiger partial charge >= 0.3 is 6.61 Å². The number of rotatable bonds is 5. The van der Waals surface area contributed by atoms with Crippen LogP contribution >= 0.6 is 0 Å². The van der Waals surface area contributed by atoms with Crippen molar-refractivity contribution in [1.82, 2.24) is 0 Å². The first-order valence-corrected chi connectivity index (χ1v) is 7.33. The number of fused-ring (bicyclic) bond motifs is 1. The van der Waals surface area contributed by atoms with Gasteiger partial charge in [-0.2, -0.15) is 8.78 Å². The molecule has 0 aliphatic heterocycles. The number of carbonyl (C=O) groups is 1. The van der Waals surface area contributed by atoms with Crippen LogP contribution in [-0.2, 0) is 11.2 Å². The van der Waals surface area contributed by atoms with E-state index >= 15 is 0 Å². The highest BCUT2D eigenvalue weighted by Gasteiger charge is 2.11. The monoisotopic (exact) mass is 331 g/mol. The molecular weight excluding hydrogens is 316 g/mol. The second-order valence-electron chi connectivity index (χ2n) is 5.39. The molecule has 0 saturated heterocycles. The molecule has 4 nitrogen and oxygen atoms in total. The number of alkyl halides is 2. The van der Waals surface area contributed by atoms with Crippen molar-refractivity contribution in [3.05, 3.63) is 59.9 Å². The number of nitrogens with one attached hydrogen (secondary N) is 1. The van der Waals surface area contributed by atoms with Crippen molar-refractivity contribution in [3.8, 4) is 5.75 Å². The maximum atomic E-state index is 12.1. The lowest BCUT2D eigenvalue weighted by Gasteiger charge is -2.07. The maximum Gasteiger partial charge on any atom is 0.387 e. The molecular formula is C18H15F2NO3. The summed E-state index contributed by atoms with van der Waals surface area (Å²) in [5.74, 6) is -0.181. The Bertz CT molecular complexity index is 856. The molecule has 24 heavy (non-hydrogen) atoms. The SMILES string of the molecule is Cc1ccc2c(CC(=O)Nc3ccc(OC(F)F)cc3)coc2c1. The molecule has 0 radical (unpaired) electrons. The van der Waals surface area contributed by atoms with Gasteiger partial charge in [0.25, 0.3) is 0 Å². The molecule has 0 fully saturated rings. The minimum absolute atomic E-state index is 0.0409. The Labute approximate surface area is 137 Å². The highest BCUT2D eigenvalue weighted by molar-refractivity contribution is 5.95. The number of furan rings is 1. The first-order chi connectivity index (χ1) is 11.5. The molecule has 0 spiro atoms. The molecule has 0 bridgehead atoms. The van der Waals surface area contributed by atoms with Gasteiger partial charge in [-0.15, -0.1) is 0 Å². The van der Waals surface area contributed by atoms with Crippen molar-refractivity contribution >= 4 is 22.6 Å². The summed E-state index contributed by atoms with van der Waals surface area (Å²) in [6.45, 7) is -0.904. The second-order valence-corrected chi connectivity index (χ2v) is 5.39. The molecule has 3 aromatic rings. The Hall–Kier alpha value is -2.89. The van der Waals surface area contributed by atoms with Gasteiger partial charge < -0.3 is 14.5 Å². The lowest BCUT2D eigenvalue weighted by Crippen LogP contribution is -2.14. The van der Waals surface area contributed by atoms with E-state index in [2.05, 4.69) is 10.1 Å². The average molecular weight is 331 g/mol. The van der Waals surface area contributed by atoms with Crippen LogP contribution in [0.3, 0.4) is 0 Å². The van der Waals surface area contributed by atoms with E-state index in [9.17, 15) is 13.6 Å². The molecule has 0 unspecified atom stereocenters. The highest BCUT2D eigenvalue weighted by Crippen LogP contribution is 2.23. The number of halogens is 2. The third-order valence-corrected chi connectivity index (χ3v) is 3.53. The van der Waals surface area contributed by atoms with E-state index in [0.717, 1.165) is 22.1 Å².